The van der Waals surface area contributed by atoms with Crippen molar-refractivity contribution in [3.05, 3.63) is 71.7 Å². The Morgan fingerprint density at radius 3 is 2.87 bits per heavy atom. The van der Waals surface area contributed by atoms with E-state index >= 15 is 0 Å². The molecule has 1 amide bonds. The van der Waals surface area contributed by atoms with Crippen LogP contribution >= 0.6 is 0 Å². The van der Waals surface area contributed by atoms with Gasteiger partial charge in [-0.05, 0) is 32.0 Å². The number of para-hydroxylation sites is 1. The van der Waals surface area contributed by atoms with E-state index < -0.39 is 0 Å². The summed E-state index contributed by atoms with van der Waals surface area (Å²) < 4.78 is 9.19. The van der Waals surface area contributed by atoms with Gasteiger partial charge >= 0.3 is 0 Å². The second-order valence-corrected chi connectivity index (χ2v) is 7.41. The molecule has 156 valence electrons. The number of fused-ring (bicyclic) bond motifs is 2. The van der Waals surface area contributed by atoms with E-state index in [1.54, 1.807) is 15.3 Å². The fourth-order valence-electron chi connectivity index (χ4n) is 4.03. The molecule has 31 heavy (non-hydrogen) atoms. The summed E-state index contributed by atoms with van der Waals surface area (Å²) >= 11 is 0. The predicted molar refractivity (Wildman–Crippen MR) is 115 cm³/mol. The van der Waals surface area contributed by atoms with E-state index in [1.165, 1.54) is 0 Å². The Morgan fingerprint density at radius 1 is 1.19 bits per heavy atom. The molecule has 1 N–H and O–H groups in total. The van der Waals surface area contributed by atoms with Crippen molar-refractivity contribution < 1.29 is 9.53 Å². The Balaban J connectivity index is 1.65. The maximum absolute atomic E-state index is 12.7. The molecule has 4 heterocycles. The number of nitrogens with one attached hydrogen (secondary N) is 1. The summed E-state index contributed by atoms with van der Waals surface area (Å²) in [6.07, 6.45) is 2.01. The van der Waals surface area contributed by atoms with Crippen LogP contribution < -0.4 is 10.1 Å². The first-order chi connectivity index (χ1) is 15.1. The van der Waals surface area contributed by atoms with Crippen LogP contribution in [0.2, 0.25) is 0 Å². The maximum atomic E-state index is 12.7. The second-order valence-electron chi connectivity index (χ2n) is 7.41. The van der Waals surface area contributed by atoms with E-state index in [-0.39, 0.29) is 11.8 Å². The third-order valence-electron chi connectivity index (χ3n) is 5.38. The topological polar surface area (TPSA) is 99.2 Å². The average Bonchev–Trinajstić information content (AvgIpc) is 3.31. The van der Waals surface area contributed by atoms with Gasteiger partial charge in [-0.15, -0.1) is 15.3 Å². The fraction of sp³-hybridized carbons (Fsp3) is 0.227. The van der Waals surface area contributed by atoms with Crippen LogP contribution in [0.5, 0.6) is 5.75 Å². The van der Waals surface area contributed by atoms with Crippen LogP contribution in [0.4, 0.5) is 5.82 Å². The zero-order valence-electron chi connectivity index (χ0n) is 17.2. The van der Waals surface area contributed by atoms with E-state index in [4.69, 9.17) is 9.84 Å². The van der Waals surface area contributed by atoms with Crippen LogP contribution in [0.1, 0.15) is 35.0 Å². The van der Waals surface area contributed by atoms with Crippen LogP contribution in [0.25, 0.3) is 11.5 Å². The van der Waals surface area contributed by atoms with Gasteiger partial charge in [-0.2, -0.15) is 14.3 Å². The molecule has 3 aromatic heterocycles. The van der Waals surface area contributed by atoms with Crippen molar-refractivity contribution in [3.63, 3.8) is 0 Å². The lowest BCUT2D eigenvalue weighted by molar-refractivity contribution is -0.116. The van der Waals surface area contributed by atoms with Crippen LogP contribution in [-0.4, -0.2) is 42.1 Å². The predicted octanol–water partition coefficient (Wildman–Crippen LogP) is 2.97. The average molecular weight is 415 g/mol. The van der Waals surface area contributed by atoms with Crippen LogP contribution in [-0.2, 0) is 4.79 Å². The minimum atomic E-state index is -0.182. The van der Waals surface area contributed by atoms with Gasteiger partial charge in [0.25, 0.3) is 0 Å². The van der Waals surface area contributed by atoms with Gasteiger partial charge in [-0.3, -0.25) is 4.79 Å². The van der Waals surface area contributed by atoms with Gasteiger partial charge in [0.05, 0.1) is 5.69 Å². The summed E-state index contributed by atoms with van der Waals surface area (Å²) in [7, 11) is 0. The molecule has 4 aromatic rings. The van der Waals surface area contributed by atoms with Gasteiger partial charge < -0.3 is 10.1 Å². The number of aromatic nitrogens is 6. The monoisotopic (exact) mass is 415 g/mol. The van der Waals surface area contributed by atoms with Gasteiger partial charge in [0, 0.05) is 23.5 Å². The number of carbonyl (C=O) groups excluding carboxylic acids is 1. The lowest BCUT2D eigenvalue weighted by Crippen LogP contribution is -2.25. The molecule has 9 nitrogen and oxygen atoms in total. The molecule has 1 atom stereocenters. The van der Waals surface area contributed by atoms with Crippen molar-refractivity contribution in [3.8, 4) is 11.6 Å². The molecule has 1 aromatic carbocycles. The molecule has 0 radical (unpaired) electrons. The number of hydrogen-bond donors (Lipinski definition) is 1. The molecular formula is C22H21N7O2. The molecule has 0 aliphatic carbocycles. The van der Waals surface area contributed by atoms with Gasteiger partial charge in [-0.1, -0.05) is 30.9 Å². The maximum Gasteiger partial charge on any atom is 0.226 e. The normalized spacial score (nSPS) is 15.5. The molecule has 1 aliphatic heterocycles. The van der Waals surface area contributed by atoms with Crippen molar-refractivity contribution in [1.82, 2.24) is 29.6 Å². The molecule has 0 saturated heterocycles. The van der Waals surface area contributed by atoms with Crippen molar-refractivity contribution in [2.45, 2.75) is 26.2 Å². The van der Waals surface area contributed by atoms with Crippen LogP contribution in [0.15, 0.2) is 49.1 Å². The van der Waals surface area contributed by atoms with E-state index in [0.717, 1.165) is 22.6 Å². The Bertz CT molecular complexity index is 1320. The highest BCUT2D eigenvalue weighted by Crippen LogP contribution is 2.42. The number of benzene rings is 1. The number of aryl methyl sites for hydroxylation is 2. The summed E-state index contributed by atoms with van der Waals surface area (Å²) in [5, 5.41) is 20.4. The van der Waals surface area contributed by atoms with E-state index in [1.807, 2.05) is 50.2 Å². The third kappa shape index (κ3) is 3.14. The minimum Gasteiger partial charge on any atom is -0.489 e. The molecule has 1 aliphatic rings. The molecule has 0 unspecified atom stereocenters. The molecular weight excluding hydrogens is 394 g/mol. The zero-order valence-corrected chi connectivity index (χ0v) is 17.2. The number of nitrogens with zero attached hydrogens (tertiary/aromatic N) is 6. The summed E-state index contributed by atoms with van der Waals surface area (Å²) in [5.74, 6) is 2.33. The lowest BCUT2D eigenvalue weighted by Gasteiger charge is -2.25. The second kappa shape index (κ2) is 7.35. The lowest BCUT2D eigenvalue weighted by atomic mass is 9.85. The highest BCUT2D eigenvalue weighted by molar-refractivity contribution is 5.95. The quantitative estimate of drug-likeness (QED) is 0.503. The van der Waals surface area contributed by atoms with Crippen LogP contribution in [0, 0.1) is 13.8 Å². The number of carbonyl (C=O) groups is 1. The van der Waals surface area contributed by atoms with Gasteiger partial charge in [-0.25, -0.2) is 0 Å². The Hall–Kier alpha value is -4.01. The Kier molecular flexibility index (Phi) is 4.50. The number of hydrogen-bond acceptors (Lipinski definition) is 6. The van der Waals surface area contributed by atoms with Gasteiger partial charge in [0.15, 0.2) is 17.3 Å². The molecule has 5 rings (SSSR count). The number of amides is 1. The summed E-state index contributed by atoms with van der Waals surface area (Å²) in [4.78, 5) is 12.7. The molecule has 0 fully saturated rings. The highest BCUT2D eigenvalue weighted by atomic mass is 16.5. The third-order valence-corrected chi connectivity index (χ3v) is 5.38. The molecule has 0 bridgehead atoms. The Labute approximate surface area is 178 Å². The first-order valence-corrected chi connectivity index (χ1v) is 9.98. The smallest absolute Gasteiger partial charge is 0.226 e. The number of rotatable bonds is 5. The summed E-state index contributed by atoms with van der Waals surface area (Å²) in [6.45, 7) is 7.88. The highest BCUT2D eigenvalue weighted by Gasteiger charge is 2.34. The number of ether oxygens (including phenoxy) is 1. The summed E-state index contributed by atoms with van der Waals surface area (Å²) in [6, 6.07) is 11.4. The van der Waals surface area contributed by atoms with Crippen molar-refractivity contribution in [2.24, 2.45) is 0 Å². The van der Waals surface area contributed by atoms with E-state index in [9.17, 15) is 4.79 Å². The Morgan fingerprint density at radius 2 is 2.03 bits per heavy atom. The fourth-order valence-corrected chi connectivity index (χ4v) is 4.03. The standard InChI is InChI=1S/C22H21N7O2/c1-4-11-31-17-8-6-5-7-15(17)16-12-20(30)23-22-21(16)13(2)26-29(22)19-10-9-18-25-24-14(3)28(18)27-19/h4-10,16H,1,11-12H2,2-3H3,(H,23,30)/t16-/m1/s1. The molecule has 0 spiro atoms. The number of anilines is 1. The van der Waals surface area contributed by atoms with Crippen molar-refractivity contribution >= 4 is 17.4 Å². The largest absolute Gasteiger partial charge is 0.489 e. The zero-order chi connectivity index (χ0) is 21.5. The first-order valence-electron chi connectivity index (χ1n) is 9.98. The molecule has 9 heteroatoms. The van der Waals surface area contributed by atoms with E-state index in [0.29, 0.717) is 36.1 Å². The van der Waals surface area contributed by atoms with Gasteiger partial charge in [0.2, 0.25) is 5.91 Å². The summed E-state index contributed by atoms with van der Waals surface area (Å²) in [5.41, 5.74) is 3.37. The molecule has 0 saturated carbocycles. The van der Waals surface area contributed by atoms with Crippen LogP contribution in [0.3, 0.4) is 0 Å². The van der Waals surface area contributed by atoms with Gasteiger partial charge in [0.1, 0.15) is 18.2 Å². The SMILES string of the molecule is C=CCOc1ccccc1[C@H]1CC(=O)Nc2c1c(C)nn2-c1ccc2nnc(C)n2n1. The van der Waals surface area contributed by atoms with Crippen molar-refractivity contribution in [2.75, 3.05) is 11.9 Å². The first kappa shape index (κ1) is 19.0. The van der Waals surface area contributed by atoms with Crippen molar-refractivity contribution in [1.29, 1.82) is 0 Å². The van der Waals surface area contributed by atoms with E-state index in [2.05, 4.69) is 27.2 Å². The minimum absolute atomic E-state index is 0.0845.